The summed E-state index contributed by atoms with van der Waals surface area (Å²) < 4.78 is 0. The Balaban J connectivity index is 0. The zero-order chi connectivity index (χ0) is 17.3. The summed E-state index contributed by atoms with van der Waals surface area (Å²) in [4.78, 5) is 10.3. The molecule has 0 atom stereocenters. The molecule has 1 aromatic rings. The number of nitrogens with zero attached hydrogens (tertiary/aromatic N) is 2. The second-order valence-corrected chi connectivity index (χ2v) is 4.72. The number of aliphatic hydroxyl groups is 3. The van der Waals surface area contributed by atoms with Crippen molar-refractivity contribution in [2.45, 2.75) is 19.3 Å². The van der Waals surface area contributed by atoms with Gasteiger partial charge >= 0.3 is 0 Å². The van der Waals surface area contributed by atoms with Crippen molar-refractivity contribution >= 4 is 18.1 Å². The monoisotopic (exact) mass is 365 g/mol. The number of hydrazine groups is 1. The predicted molar refractivity (Wildman–Crippen MR) is 95.9 cm³/mol. The molecule has 24 heavy (non-hydrogen) atoms. The minimum absolute atomic E-state index is 0. The number of hydrogen-bond donors (Lipinski definition) is 4. The Morgan fingerprint density at radius 2 is 1.46 bits per heavy atom. The van der Waals surface area contributed by atoms with Gasteiger partial charge in [0.1, 0.15) is 0 Å². The summed E-state index contributed by atoms with van der Waals surface area (Å²) in [7, 11) is 0. The normalized spacial score (nSPS) is 9.29. The van der Waals surface area contributed by atoms with Crippen LogP contribution in [0.3, 0.4) is 0 Å². The van der Waals surface area contributed by atoms with E-state index in [-0.39, 0.29) is 45.3 Å². The van der Waals surface area contributed by atoms with Gasteiger partial charge in [-0.1, -0.05) is 18.2 Å². The molecule has 0 saturated heterocycles. The highest BCUT2D eigenvalue weighted by molar-refractivity contribution is 5.85. The number of anilines is 1. The molecule has 1 aromatic carbocycles. The standard InChI is InChI=1S/C9H13NO.C6H14N2O4.ClH/c11-8-4-7-10-9-5-2-1-3-6-9;9-5-1-3-7(8(11)12)4-2-6-10;/h1-3,5-6,10-11H,4,7-8H2;9-10H,1-6H2;1H. The topological polar surface area (TPSA) is 119 Å². The van der Waals surface area contributed by atoms with E-state index in [4.69, 9.17) is 15.3 Å². The maximum Gasteiger partial charge on any atom is 0.160 e. The van der Waals surface area contributed by atoms with Crippen molar-refractivity contribution < 1.29 is 20.4 Å². The molecule has 1 rings (SSSR count). The molecule has 0 aliphatic carbocycles. The Bertz CT molecular complexity index is 390. The molecule has 0 aliphatic heterocycles. The number of benzene rings is 1. The zero-order valence-corrected chi connectivity index (χ0v) is 14.5. The second kappa shape index (κ2) is 17.7. The third-order valence-electron chi connectivity index (χ3n) is 2.82. The molecule has 0 heterocycles. The van der Waals surface area contributed by atoms with Crippen LogP contribution in [0, 0.1) is 10.1 Å². The molecule has 9 heteroatoms. The third-order valence-corrected chi connectivity index (χ3v) is 2.82. The van der Waals surface area contributed by atoms with Gasteiger partial charge in [0.15, 0.2) is 5.03 Å². The SMILES string of the molecule is Cl.O=[N+]([O-])N(CCCO)CCCO.OCCCNc1ccccc1. The first kappa shape index (κ1) is 24.6. The largest absolute Gasteiger partial charge is 0.396 e. The lowest BCUT2D eigenvalue weighted by Crippen LogP contribution is -2.32. The molecular weight excluding hydrogens is 338 g/mol. The Labute approximate surface area is 148 Å². The Morgan fingerprint density at radius 3 is 1.88 bits per heavy atom. The number of aliphatic hydroxyl groups excluding tert-OH is 3. The van der Waals surface area contributed by atoms with Crippen LogP contribution in [0.1, 0.15) is 19.3 Å². The van der Waals surface area contributed by atoms with Gasteiger partial charge < -0.3 is 20.6 Å². The summed E-state index contributed by atoms with van der Waals surface area (Å²) in [6, 6.07) is 9.98. The van der Waals surface area contributed by atoms with Crippen LogP contribution in [-0.4, -0.2) is 64.8 Å². The van der Waals surface area contributed by atoms with E-state index >= 15 is 0 Å². The van der Waals surface area contributed by atoms with Crippen molar-refractivity contribution in [2.75, 3.05) is 44.8 Å². The van der Waals surface area contributed by atoms with E-state index < -0.39 is 5.03 Å². The van der Waals surface area contributed by atoms with Crippen LogP contribution in [-0.2, 0) is 0 Å². The van der Waals surface area contributed by atoms with Gasteiger partial charge in [-0.3, -0.25) is 0 Å². The first-order chi connectivity index (χ1) is 11.2. The molecular formula is C15H28ClN3O5. The third kappa shape index (κ3) is 14.0. The van der Waals surface area contributed by atoms with Gasteiger partial charge in [-0.25, -0.2) is 10.1 Å². The molecule has 0 saturated carbocycles. The molecule has 0 fully saturated rings. The van der Waals surface area contributed by atoms with Gasteiger partial charge in [0.05, 0.1) is 13.1 Å². The molecule has 0 amide bonds. The lowest BCUT2D eigenvalue weighted by atomic mass is 10.3. The molecule has 0 aliphatic rings. The molecule has 0 bridgehead atoms. The summed E-state index contributed by atoms with van der Waals surface area (Å²) in [6.45, 7) is 1.43. The van der Waals surface area contributed by atoms with E-state index in [2.05, 4.69) is 5.32 Å². The highest BCUT2D eigenvalue weighted by Gasteiger charge is 2.11. The molecule has 0 aromatic heterocycles. The summed E-state index contributed by atoms with van der Waals surface area (Å²) in [5.41, 5.74) is 1.11. The molecule has 140 valence electrons. The molecule has 4 N–H and O–H groups in total. The first-order valence-corrected chi connectivity index (χ1v) is 7.66. The maximum atomic E-state index is 10.3. The van der Waals surface area contributed by atoms with Crippen LogP contribution in [0.4, 0.5) is 5.69 Å². The Kier molecular flexibility index (Phi) is 18.2. The summed E-state index contributed by atoms with van der Waals surface area (Å²) >= 11 is 0. The van der Waals surface area contributed by atoms with E-state index in [0.717, 1.165) is 23.7 Å². The van der Waals surface area contributed by atoms with E-state index in [9.17, 15) is 10.1 Å². The van der Waals surface area contributed by atoms with Crippen LogP contribution in [0.2, 0.25) is 0 Å². The number of hydrogen-bond acceptors (Lipinski definition) is 6. The highest BCUT2D eigenvalue weighted by atomic mass is 35.5. The van der Waals surface area contributed by atoms with Crippen molar-refractivity contribution in [3.63, 3.8) is 0 Å². The van der Waals surface area contributed by atoms with Gasteiger partial charge in [0.2, 0.25) is 0 Å². The number of para-hydroxylation sites is 1. The molecule has 0 radical (unpaired) electrons. The van der Waals surface area contributed by atoms with Gasteiger partial charge in [-0.05, 0) is 31.4 Å². The average Bonchev–Trinajstić information content (AvgIpc) is 2.56. The van der Waals surface area contributed by atoms with Crippen molar-refractivity contribution in [3.8, 4) is 0 Å². The quantitative estimate of drug-likeness (QED) is 0.264. The maximum absolute atomic E-state index is 10.3. The smallest absolute Gasteiger partial charge is 0.160 e. The number of halogens is 1. The van der Waals surface area contributed by atoms with E-state index in [0.29, 0.717) is 12.8 Å². The number of rotatable bonds is 11. The highest BCUT2D eigenvalue weighted by Crippen LogP contribution is 2.03. The van der Waals surface area contributed by atoms with Gasteiger partial charge in [-0.15, -0.1) is 17.4 Å². The zero-order valence-electron chi connectivity index (χ0n) is 13.7. The van der Waals surface area contributed by atoms with Crippen LogP contribution in [0.15, 0.2) is 30.3 Å². The van der Waals surface area contributed by atoms with E-state index in [1.165, 1.54) is 0 Å². The minimum Gasteiger partial charge on any atom is -0.396 e. The van der Waals surface area contributed by atoms with Crippen molar-refractivity contribution in [1.82, 2.24) is 5.01 Å². The summed E-state index contributed by atoms with van der Waals surface area (Å²) in [5, 5.41) is 39.3. The molecule has 0 unspecified atom stereocenters. The number of nitrogens with one attached hydrogen (secondary N) is 1. The van der Waals surface area contributed by atoms with Crippen LogP contribution in [0.5, 0.6) is 0 Å². The van der Waals surface area contributed by atoms with E-state index in [1.807, 2.05) is 30.3 Å². The van der Waals surface area contributed by atoms with Crippen molar-refractivity contribution in [1.29, 1.82) is 0 Å². The molecule has 0 spiro atoms. The van der Waals surface area contributed by atoms with Gasteiger partial charge in [0, 0.05) is 32.1 Å². The fourth-order valence-electron chi connectivity index (χ4n) is 1.65. The van der Waals surface area contributed by atoms with Crippen LogP contribution in [0.25, 0.3) is 0 Å². The van der Waals surface area contributed by atoms with Gasteiger partial charge in [-0.2, -0.15) is 0 Å². The number of nitro groups is 1. The Hall–Kier alpha value is -1.61. The van der Waals surface area contributed by atoms with Crippen molar-refractivity contribution in [2.24, 2.45) is 0 Å². The predicted octanol–water partition coefficient (Wildman–Crippen LogP) is 1.15. The average molecular weight is 366 g/mol. The lowest BCUT2D eigenvalue weighted by Gasteiger charge is -2.12. The summed E-state index contributed by atoms with van der Waals surface area (Å²) in [6.07, 6.45) is 1.56. The van der Waals surface area contributed by atoms with Crippen LogP contribution >= 0.6 is 12.4 Å². The Morgan fingerprint density at radius 1 is 0.958 bits per heavy atom. The van der Waals surface area contributed by atoms with E-state index in [1.54, 1.807) is 0 Å². The van der Waals surface area contributed by atoms with Gasteiger partial charge in [0.25, 0.3) is 0 Å². The first-order valence-electron chi connectivity index (χ1n) is 7.66. The fourth-order valence-corrected chi connectivity index (χ4v) is 1.65. The van der Waals surface area contributed by atoms with Crippen LogP contribution < -0.4 is 5.32 Å². The summed E-state index contributed by atoms with van der Waals surface area (Å²) in [5.74, 6) is 0. The minimum atomic E-state index is -0.509. The van der Waals surface area contributed by atoms with Crippen molar-refractivity contribution in [3.05, 3.63) is 40.4 Å². The lowest BCUT2D eigenvalue weighted by molar-refractivity contribution is -0.655. The fraction of sp³-hybridized carbons (Fsp3) is 0.600. The second-order valence-electron chi connectivity index (χ2n) is 4.72. The molecule has 8 nitrogen and oxygen atoms in total.